The number of carbonyl (C=O) groups is 2. The van der Waals surface area contributed by atoms with Crippen molar-refractivity contribution in [3.8, 4) is 23.0 Å². The van der Waals surface area contributed by atoms with Crippen LogP contribution in [0.2, 0.25) is 0 Å². The Hall–Kier alpha value is -4.04. The van der Waals surface area contributed by atoms with Crippen molar-refractivity contribution in [2.24, 2.45) is 0 Å². The van der Waals surface area contributed by atoms with Crippen LogP contribution in [-0.4, -0.2) is 32.3 Å². The van der Waals surface area contributed by atoms with Gasteiger partial charge in [-0.2, -0.15) is 0 Å². The summed E-state index contributed by atoms with van der Waals surface area (Å²) in [7, 11) is 1.35. The first-order valence-corrected chi connectivity index (χ1v) is 10.8. The van der Waals surface area contributed by atoms with Gasteiger partial charge < -0.3 is 14.8 Å². The maximum atomic E-state index is 12.2. The second-order valence-corrected chi connectivity index (χ2v) is 7.83. The van der Waals surface area contributed by atoms with Gasteiger partial charge >= 0.3 is 12.1 Å². The number of hydrogen-bond donors (Lipinski definition) is 1. The van der Waals surface area contributed by atoms with Gasteiger partial charge in [0.1, 0.15) is 6.61 Å². The molecule has 33 heavy (non-hydrogen) atoms. The number of hydrogen-bond acceptors (Lipinski definition) is 4. The number of benzene rings is 3. The molecule has 1 amide bonds. The minimum absolute atomic E-state index is 0.0352. The molecule has 0 aromatic heterocycles. The van der Waals surface area contributed by atoms with Crippen LogP contribution >= 0.6 is 0 Å². The molecule has 0 saturated heterocycles. The maximum absolute atomic E-state index is 12.2. The van der Waals surface area contributed by atoms with E-state index in [1.54, 1.807) is 12.1 Å². The van der Waals surface area contributed by atoms with Crippen LogP contribution in [0.25, 0.3) is 11.1 Å². The van der Waals surface area contributed by atoms with Crippen LogP contribution in [0.4, 0.5) is 4.79 Å². The second kappa shape index (κ2) is 10.1. The van der Waals surface area contributed by atoms with Crippen molar-refractivity contribution >= 4 is 12.1 Å². The molecule has 0 saturated carbocycles. The molecule has 0 unspecified atom stereocenters. The van der Waals surface area contributed by atoms with E-state index in [0.717, 1.165) is 11.1 Å². The summed E-state index contributed by atoms with van der Waals surface area (Å²) in [4.78, 5) is 23.9. The number of amides is 1. The Morgan fingerprint density at radius 2 is 1.64 bits per heavy atom. The van der Waals surface area contributed by atoms with E-state index in [1.807, 2.05) is 37.3 Å². The Morgan fingerprint density at radius 3 is 2.30 bits per heavy atom. The fraction of sp³-hybridized carbons (Fsp3) is 0.214. The van der Waals surface area contributed by atoms with Crippen molar-refractivity contribution < 1.29 is 19.1 Å². The summed E-state index contributed by atoms with van der Waals surface area (Å²) < 4.78 is 10.3. The summed E-state index contributed by atoms with van der Waals surface area (Å²) in [6, 6.07) is 21.7. The molecule has 166 valence electrons. The molecule has 1 N–H and O–H groups in total. The minimum atomic E-state index is -0.456. The van der Waals surface area contributed by atoms with Crippen LogP contribution in [0.5, 0.6) is 0 Å². The molecule has 1 aliphatic rings. The van der Waals surface area contributed by atoms with Gasteiger partial charge in [0.15, 0.2) is 0 Å². The summed E-state index contributed by atoms with van der Waals surface area (Å²) in [5.74, 6) is 5.73. The Bertz CT molecular complexity index is 1210. The number of carbonyl (C=O) groups excluding carboxylic acids is 2. The van der Waals surface area contributed by atoms with Gasteiger partial charge in [-0.15, -0.1) is 0 Å². The van der Waals surface area contributed by atoms with Gasteiger partial charge in [0.25, 0.3) is 0 Å². The number of esters is 1. The lowest BCUT2D eigenvalue weighted by atomic mass is 9.98. The van der Waals surface area contributed by atoms with Gasteiger partial charge in [0, 0.05) is 24.4 Å². The monoisotopic (exact) mass is 439 g/mol. The minimum Gasteiger partial charge on any atom is -0.465 e. The summed E-state index contributed by atoms with van der Waals surface area (Å²) in [6.45, 7) is 2.59. The molecular weight excluding hydrogens is 414 g/mol. The van der Waals surface area contributed by atoms with Crippen molar-refractivity contribution in [3.05, 3.63) is 94.5 Å². The molecule has 0 fully saturated rings. The largest absolute Gasteiger partial charge is 0.465 e. The van der Waals surface area contributed by atoms with E-state index in [2.05, 4.69) is 41.4 Å². The highest BCUT2D eigenvalue weighted by molar-refractivity contribution is 5.89. The predicted molar refractivity (Wildman–Crippen MR) is 127 cm³/mol. The van der Waals surface area contributed by atoms with E-state index in [4.69, 9.17) is 9.47 Å². The van der Waals surface area contributed by atoms with E-state index in [0.29, 0.717) is 18.5 Å². The highest BCUT2D eigenvalue weighted by atomic mass is 16.5. The predicted octanol–water partition coefficient (Wildman–Crippen LogP) is 5.06. The highest BCUT2D eigenvalue weighted by Crippen LogP contribution is 2.44. The van der Waals surface area contributed by atoms with Gasteiger partial charge in [-0.3, -0.25) is 0 Å². The molecule has 0 aliphatic heterocycles. The quantitative estimate of drug-likeness (QED) is 0.343. The third-order valence-electron chi connectivity index (χ3n) is 5.74. The first kappa shape index (κ1) is 22.2. The van der Waals surface area contributed by atoms with Crippen molar-refractivity contribution in [1.29, 1.82) is 0 Å². The van der Waals surface area contributed by atoms with Gasteiger partial charge in [-0.25, -0.2) is 9.59 Å². The van der Waals surface area contributed by atoms with Crippen molar-refractivity contribution in [1.82, 2.24) is 5.32 Å². The van der Waals surface area contributed by atoms with Gasteiger partial charge in [-0.05, 0) is 46.9 Å². The summed E-state index contributed by atoms with van der Waals surface area (Å²) >= 11 is 0. The van der Waals surface area contributed by atoms with Crippen LogP contribution in [-0.2, 0) is 9.47 Å². The van der Waals surface area contributed by atoms with E-state index < -0.39 is 12.1 Å². The number of alkyl carbamates (subject to hydrolysis) is 1. The van der Waals surface area contributed by atoms with Crippen LogP contribution in [0.1, 0.15) is 45.0 Å². The molecule has 0 spiro atoms. The van der Waals surface area contributed by atoms with Crippen LogP contribution < -0.4 is 5.32 Å². The molecule has 3 aromatic carbocycles. The summed E-state index contributed by atoms with van der Waals surface area (Å²) in [6.07, 6.45) is 0.00838. The van der Waals surface area contributed by atoms with E-state index in [9.17, 15) is 9.59 Å². The van der Waals surface area contributed by atoms with Gasteiger partial charge in [-0.1, -0.05) is 66.4 Å². The average molecular weight is 440 g/mol. The van der Waals surface area contributed by atoms with E-state index >= 15 is 0 Å². The second-order valence-electron chi connectivity index (χ2n) is 7.83. The highest BCUT2D eigenvalue weighted by Gasteiger charge is 2.28. The SMILES string of the molecule is COC(=O)c1ccc(C)c(C#CCCNC(=O)OCC2c3ccccc3-c3ccccc32)c1. The summed E-state index contributed by atoms with van der Waals surface area (Å²) in [5, 5.41) is 2.76. The summed E-state index contributed by atoms with van der Waals surface area (Å²) in [5.41, 5.74) is 6.96. The normalized spacial score (nSPS) is 11.6. The molecule has 1 aliphatic carbocycles. The zero-order chi connectivity index (χ0) is 23.2. The standard InChI is InChI=1S/C28H25NO4/c1-19-14-15-21(27(30)32-2)17-20(19)9-7-8-16-29-28(31)33-18-26-24-12-5-3-10-22(24)23-11-4-6-13-25(23)26/h3-6,10-15,17,26H,8,16,18H2,1-2H3,(H,29,31). The van der Waals surface area contributed by atoms with Crippen LogP contribution in [0, 0.1) is 18.8 Å². The Morgan fingerprint density at radius 1 is 0.970 bits per heavy atom. The molecule has 3 aromatic rings. The van der Waals surface area contributed by atoms with Crippen LogP contribution in [0.15, 0.2) is 66.7 Å². The topological polar surface area (TPSA) is 64.6 Å². The first-order chi connectivity index (χ1) is 16.1. The third kappa shape index (κ3) is 4.91. The number of aryl methyl sites for hydroxylation is 1. The Labute approximate surface area is 193 Å². The van der Waals surface area contributed by atoms with Gasteiger partial charge in [0.05, 0.1) is 12.7 Å². The number of rotatable bonds is 5. The van der Waals surface area contributed by atoms with Crippen molar-refractivity contribution in [3.63, 3.8) is 0 Å². The zero-order valence-electron chi connectivity index (χ0n) is 18.7. The van der Waals surface area contributed by atoms with E-state index in [-0.39, 0.29) is 12.5 Å². The molecule has 0 heterocycles. The lowest BCUT2D eigenvalue weighted by Gasteiger charge is -2.14. The molecule has 5 nitrogen and oxygen atoms in total. The molecular formula is C28H25NO4. The Balaban J connectivity index is 1.29. The fourth-order valence-corrected chi connectivity index (χ4v) is 4.04. The molecule has 5 heteroatoms. The number of nitrogens with one attached hydrogen (secondary N) is 1. The van der Waals surface area contributed by atoms with Gasteiger partial charge in [0.2, 0.25) is 0 Å². The van der Waals surface area contributed by atoms with Crippen molar-refractivity contribution in [2.75, 3.05) is 20.3 Å². The number of fused-ring (bicyclic) bond motifs is 3. The number of methoxy groups -OCH3 is 1. The third-order valence-corrected chi connectivity index (χ3v) is 5.74. The molecule has 0 bridgehead atoms. The zero-order valence-corrected chi connectivity index (χ0v) is 18.7. The first-order valence-electron chi connectivity index (χ1n) is 10.8. The molecule has 0 radical (unpaired) electrons. The van der Waals surface area contributed by atoms with Crippen molar-refractivity contribution in [2.45, 2.75) is 19.3 Å². The lowest BCUT2D eigenvalue weighted by Crippen LogP contribution is -2.26. The Kier molecular flexibility index (Phi) is 6.75. The molecule has 0 atom stereocenters. The van der Waals surface area contributed by atoms with E-state index in [1.165, 1.54) is 29.4 Å². The number of ether oxygens (including phenoxy) is 2. The fourth-order valence-electron chi connectivity index (χ4n) is 4.04. The molecule has 4 rings (SSSR count). The maximum Gasteiger partial charge on any atom is 0.407 e. The lowest BCUT2D eigenvalue weighted by molar-refractivity contribution is 0.0600. The van der Waals surface area contributed by atoms with Crippen LogP contribution in [0.3, 0.4) is 0 Å². The smallest absolute Gasteiger partial charge is 0.407 e. The average Bonchev–Trinajstić information content (AvgIpc) is 3.16.